The highest BCUT2D eigenvalue weighted by atomic mass is 32.2. The van der Waals surface area contributed by atoms with Crippen LogP contribution in [0.2, 0.25) is 0 Å². The van der Waals surface area contributed by atoms with Crippen molar-refractivity contribution in [3.63, 3.8) is 0 Å². The summed E-state index contributed by atoms with van der Waals surface area (Å²) in [4.78, 5) is 18.8. The Hall–Kier alpha value is -9.11. The van der Waals surface area contributed by atoms with Crippen molar-refractivity contribution in [1.82, 2.24) is 24.5 Å². The fraction of sp³-hybridized carbons (Fsp3) is 0.284. The van der Waals surface area contributed by atoms with Crippen molar-refractivity contribution in [2.24, 2.45) is 0 Å². The van der Waals surface area contributed by atoms with Crippen molar-refractivity contribution >= 4 is 62.1 Å². The number of pyridine rings is 2. The molecule has 0 radical (unpaired) electrons. The molecule has 1 fully saturated rings. The second-order valence-electron chi connectivity index (χ2n) is 24.8. The maximum atomic E-state index is 13.4. The Kier molecular flexibility index (Phi) is 24.4. The average molecular weight is 1300 g/mol. The number of halogens is 4. The number of anilines is 1. The summed E-state index contributed by atoms with van der Waals surface area (Å²) in [5, 5.41) is 12.0. The highest BCUT2D eigenvalue weighted by Gasteiger charge is 2.30. The molecule has 10 aromatic rings. The van der Waals surface area contributed by atoms with Crippen LogP contribution in [-0.4, -0.2) is 57.9 Å². The lowest BCUT2D eigenvalue weighted by molar-refractivity contribution is 0.299. The van der Waals surface area contributed by atoms with Gasteiger partial charge < -0.3 is 9.67 Å². The highest BCUT2D eigenvalue weighted by Crippen LogP contribution is 2.46. The van der Waals surface area contributed by atoms with Crippen LogP contribution in [0.4, 0.5) is 23.5 Å². The molecule has 0 spiro atoms. The van der Waals surface area contributed by atoms with E-state index >= 15 is 0 Å². The van der Waals surface area contributed by atoms with E-state index in [1.807, 2.05) is 108 Å². The summed E-state index contributed by atoms with van der Waals surface area (Å²) in [6.07, 6.45) is 20.3. The fourth-order valence-corrected chi connectivity index (χ4v) is 12.2. The molecular formula is C81H88F4N6O3S. The highest BCUT2D eigenvalue weighted by molar-refractivity contribution is 7.92. The van der Waals surface area contributed by atoms with Gasteiger partial charge in [0.2, 0.25) is 16.0 Å². The molecule has 1 aliphatic carbocycles. The first-order valence-corrected chi connectivity index (χ1v) is 34.4. The van der Waals surface area contributed by atoms with E-state index in [-0.39, 0.29) is 53.6 Å². The van der Waals surface area contributed by atoms with Gasteiger partial charge in [0.05, 0.1) is 34.5 Å². The summed E-state index contributed by atoms with van der Waals surface area (Å²) in [5.74, 6) is 0.226. The van der Waals surface area contributed by atoms with Crippen LogP contribution in [0.1, 0.15) is 176 Å². The van der Waals surface area contributed by atoms with Crippen LogP contribution in [0, 0.1) is 23.3 Å². The molecule has 0 saturated heterocycles. The SMILES string of the molecule is C/C=C/c1c(-c2ccc(F)cc2)c2ccccc2n1C(C)C.C/C=C/c1c(-c2ccc(F)cc2)nc(N(C)S(C)(=O)=O)nc1C(C)C.C/C=C/c1c(C(C)C)nc(C(C)C)c(CCO)c1-c1ccc(F)cc1.C/C=C/c1c(C2CC2)nc2ccccc2c1-c1ccc(F)cc1. The third-order valence-corrected chi connectivity index (χ3v) is 17.5. The van der Waals surface area contributed by atoms with Crippen LogP contribution in [-0.2, 0) is 16.4 Å². The van der Waals surface area contributed by atoms with Gasteiger partial charge >= 0.3 is 0 Å². The lowest BCUT2D eigenvalue weighted by Gasteiger charge is -2.23. The molecule has 0 aliphatic heterocycles. The van der Waals surface area contributed by atoms with Crippen molar-refractivity contribution in [3.8, 4) is 44.6 Å². The van der Waals surface area contributed by atoms with Gasteiger partial charge in [0.1, 0.15) is 23.3 Å². The molecule has 11 rings (SSSR count). The summed E-state index contributed by atoms with van der Waals surface area (Å²) >= 11 is 0. The predicted molar refractivity (Wildman–Crippen MR) is 389 cm³/mol. The van der Waals surface area contributed by atoms with Crippen LogP contribution in [0.15, 0.2) is 170 Å². The molecule has 1 aliphatic rings. The minimum Gasteiger partial charge on any atom is -0.396 e. The Balaban J connectivity index is 0.000000162. The van der Waals surface area contributed by atoms with Crippen molar-refractivity contribution in [1.29, 1.82) is 0 Å². The molecule has 6 aromatic carbocycles. The topological polar surface area (TPSA) is 114 Å². The molecule has 4 aromatic heterocycles. The van der Waals surface area contributed by atoms with Gasteiger partial charge in [-0.2, -0.15) is 0 Å². The Morgan fingerprint density at radius 3 is 1.43 bits per heavy atom. The molecular weight excluding hydrogens is 1210 g/mol. The number of benzene rings is 6. The lowest BCUT2D eigenvalue weighted by atomic mass is 9.86. The van der Waals surface area contributed by atoms with E-state index in [1.54, 1.807) is 12.1 Å². The zero-order valence-corrected chi connectivity index (χ0v) is 57.9. The third-order valence-electron chi connectivity index (χ3n) is 16.4. The van der Waals surface area contributed by atoms with E-state index < -0.39 is 10.0 Å². The first-order valence-electron chi connectivity index (χ1n) is 32.6. The first kappa shape index (κ1) is 71.7. The molecule has 0 unspecified atom stereocenters. The molecule has 95 heavy (non-hydrogen) atoms. The van der Waals surface area contributed by atoms with E-state index in [2.05, 4.69) is 123 Å². The largest absolute Gasteiger partial charge is 0.396 e. The van der Waals surface area contributed by atoms with Gasteiger partial charge in [-0.15, -0.1) is 0 Å². The maximum Gasteiger partial charge on any atom is 0.239 e. The molecule has 9 nitrogen and oxygen atoms in total. The predicted octanol–water partition coefficient (Wildman–Crippen LogP) is 21.6. The molecule has 494 valence electrons. The van der Waals surface area contributed by atoms with Crippen molar-refractivity contribution in [2.75, 3.05) is 24.2 Å². The van der Waals surface area contributed by atoms with Gasteiger partial charge in [0.15, 0.2) is 0 Å². The maximum absolute atomic E-state index is 13.4. The van der Waals surface area contributed by atoms with E-state index in [1.165, 1.54) is 102 Å². The summed E-state index contributed by atoms with van der Waals surface area (Å²) < 4.78 is 80.6. The van der Waals surface area contributed by atoms with Gasteiger partial charge in [-0.05, 0) is 185 Å². The summed E-state index contributed by atoms with van der Waals surface area (Å²) in [5.41, 5.74) is 19.2. The number of hydrogen-bond donors (Lipinski definition) is 1. The molecule has 0 amide bonds. The Labute approximate surface area is 559 Å². The molecule has 1 N–H and O–H groups in total. The van der Waals surface area contributed by atoms with E-state index in [0.29, 0.717) is 29.6 Å². The molecule has 4 heterocycles. The summed E-state index contributed by atoms with van der Waals surface area (Å²) in [6.45, 7) is 24.8. The number of rotatable bonds is 17. The van der Waals surface area contributed by atoms with Crippen molar-refractivity contribution < 1.29 is 31.1 Å². The standard InChI is InChI=1S/C22H28FNO.C21H18FN.C20H20FN.C18H22FN3O2S/c1-6-7-18-20(16-8-10-17(23)11-9-16)19(12-13-25)22(15(4)5)24-21(18)14(2)3;1-2-5-18-20(14-10-12-16(22)13-11-14)17-6-3-4-7-19(17)23-21(18)15-8-9-15;1-4-7-19-20(15-10-12-16(21)13-11-15)17-8-5-6-9-18(17)22(19)14(2)3;1-6-7-15-16(12(2)3)20-18(22(4)25(5,23)24)21-17(15)13-8-10-14(19)11-9-13/h6-11,14-15,25H,12-13H2,1-5H3;2-7,10-13,15H,8-9H2,1H3;4-14H,1-3H3;6-12H,1-5H3/b7-6+;5-2+;7-4+;7-6+. The van der Waals surface area contributed by atoms with Gasteiger partial charge in [-0.3, -0.25) is 9.97 Å². The van der Waals surface area contributed by atoms with Gasteiger partial charge in [-0.1, -0.05) is 157 Å². The van der Waals surface area contributed by atoms with Crippen LogP contribution < -0.4 is 4.31 Å². The monoisotopic (exact) mass is 1300 g/mol. The summed E-state index contributed by atoms with van der Waals surface area (Å²) in [7, 11) is -2.08. The molecule has 0 bridgehead atoms. The summed E-state index contributed by atoms with van der Waals surface area (Å²) in [6, 6.07) is 43.1. The second kappa shape index (κ2) is 32.4. The van der Waals surface area contributed by atoms with Crippen LogP contribution in [0.3, 0.4) is 0 Å². The van der Waals surface area contributed by atoms with Crippen molar-refractivity contribution in [3.05, 3.63) is 244 Å². The molecule has 0 atom stereocenters. The Bertz CT molecular complexity index is 4510. The zero-order chi connectivity index (χ0) is 68.8. The number of allylic oxidation sites excluding steroid dienone is 4. The smallest absolute Gasteiger partial charge is 0.239 e. The van der Waals surface area contributed by atoms with E-state index in [9.17, 15) is 31.1 Å². The molecule has 1 saturated carbocycles. The lowest BCUT2D eigenvalue weighted by Crippen LogP contribution is -2.27. The van der Waals surface area contributed by atoms with Crippen LogP contribution in [0.5, 0.6) is 0 Å². The number of para-hydroxylation sites is 2. The quantitative estimate of drug-likeness (QED) is 0.0903. The number of sulfonamides is 1. The number of aliphatic hydroxyl groups is 1. The third kappa shape index (κ3) is 17.1. The zero-order valence-electron chi connectivity index (χ0n) is 57.1. The van der Waals surface area contributed by atoms with Crippen LogP contribution in [0.25, 0.3) is 90.7 Å². The van der Waals surface area contributed by atoms with E-state index in [4.69, 9.17) is 9.97 Å². The van der Waals surface area contributed by atoms with Gasteiger partial charge in [0, 0.05) is 86.7 Å². The van der Waals surface area contributed by atoms with Gasteiger partial charge in [0.25, 0.3) is 0 Å². The van der Waals surface area contributed by atoms with E-state index in [0.717, 1.165) is 83.1 Å². The number of aromatic nitrogens is 5. The fourth-order valence-electron chi connectivity index (χ4n) is 11.9. The van der Waals surface area contributed by atoms with Crippen LogP contribution >= 0.6 is 0 Å². The normalized spacial score (nSPS) is 12.6. The number of nitrogens with zero attached hydrogens (tertiary/aromatic N) is 6. The number of hydrogen-bond acceptors (Lipinski definition) is 7. The number of aliphatic hydroxyl groups excluding tert-OH is 1. The molecule has 14 heteroatoms. The first-order chi connectivity index (χ1) is 45.5. The minimum absolute atomic E-state index is 0.0557. The number of fused-ring (bicyclic) bond motifs is 2. The Morgan fingerprint density at radius 2 is 0.958 bits per heavy atom. The van der Waals surface area contributed by atoms with Gasteiger partial charge in [-0.25, -0.2) is 40.3 Å². The Morgan fingerprint density at radius 1 is 0.516 bits per heavy atom. The van der Waals surface area contributed by atoms with Crippen molar-refractivity contribution in [2.45, 2.75) is 132 Å². The average Bonchev–Trinajstić information content (AvgIpc) is 1.75. The minimum atomic E-state index is -3.50. The second-order valence-corrected chi connectivity index (χ2v) is 26.8.